The molecule has 0 rings (SSSR count). The zero-order chi connectivity index (χ0) is 7.44. The van der Waals surface area contributed by atoms with Crippen molar-refractivity contribution in [2.45, 2.75) is 13.2 Å². The van der Waals surface area contributed by atoms with Gasteiger partial charge >= 0.3 is 0 Å². The SMILES string of the molecule is COC(N)C(C)C(N)=O. The van der Waals surface area contributed by atoms with Crippen LogP contribution in [-0.4, -0.2) is 19.2 Å². The summed E-state index contributed by atoms with van der Waals surface area (Å²) in [4.78, 5) is 10.4. The van der Waals surface area contributed by atoms with Gasteiger partial charge in [0.25, 0.3) is 0 Å². The molecular weight excluding hydrogens is 120 g/mol. The van der Waals surface area contributed by atoms with Crippen LogP contribution in [0.4, 0.5) is 0 Å². The molecule has 0 aromatic carbocycles. The molecule has 54 valence electrons. The lowest BCUT2D eigenvalue weighted by molar-refractivity contribution is -0.125. The van der Waals surface area contributed by atoms with Gasteiger partial charge in [-0.3, -0.25) is 4.79 Å². The highest BCUT2D eigenvalue weighted by Gasteiger charge is 2.16. The third-order valence-corrected chi connectivity index (χ3v) is 1.21. The van der Waals surface area contributed by atoms with Gasteiger partial charge in [-0.25, -0.2) is 0 Å². The third kappa shape index (κ3) is 2.43. The molecule has 9 heavy (non-hydrogen) atoms. The normalized spacial score (nSPS) is 16.8. The average molecular weight is 132 g/mol. The second-order valence-corrected chi connectivity index (χ2v) is 1.89. The summed E-state index contributed by atoms with van der Waals surface area (Å²) >= 11 is 0. The number of primary amides is 1. The number of ether oxygens (including phenoxy) is 1. The van der Waals surface area contributed by atoms with E-state index in [2.05, 4.69) is 4.74 Å². The van der Waals surface area contributed by atoms with E-state index in [1.54, 1.807) is 6.92 Å². The number of nitrogens with two attached hydrogens (primary N) is 2. The molecule has 0 aromatic rings. The second-order valence-electron chi connectivity index (χ2n) is 1.89. The van der Waals surface area contributed by atoms with Crippen molar-refractivity contribution in [1.29, 1.82) is 0 Å². The van der Waals surface area contributed by atoms with E-state index in [0.717, 1.165) is 0 Å². The first-order valence-corrected chi connectivity index (χ1v) is 2.67. The molecule has 0 aliphatic rings. The van der Waals surface area contributed by atoms with Crippen LogP contribution < -0.4 is 11.5 Å². The van der Waals surface area contributed by atoms with Crippen LogP contribution in [0.3, 0.4) is 0 Å². The number of amides is 1. The Morgan fingerprint density at radius 3 is 2.22 bits per heavy atom. The van der Waals surface area contributed by atoms with Crippen LogP contribution in [0.5, 0.6) is 0 Å². The number of hydrogen-bond donors (Lipinski definition) is 2. The summed E-state index contributed by atoms with van der Waals surface area (Å²) in [7, 11) is 1.43. The highest BCUT2D eigenvalue weighted by atomic mass is 16.5. The molecule has 2 unspecified atom stereocenters. The van der Waals surface area contributed by atoms with E-state index in [-0.39, 0.29) is 0 Å². The van der Waals surface area contributed by atoms with E-state index in [1.165, 1.54) is 7.11 Å². The Balaban J connectivity index is 3.72. The first-order valence-electron chi connectivity index (χ1n) is 2.67. The molecule has 0 saturated carbocycles. The van der Waals surface area contributed by atoms with Gasteiger partial charge in [-0.15, -0.1) is 0 Å². The summed E-state index contributed by atoms with van der Waals surface area (Å²) in [6.07, 6.45) is -0.581. The highest BCUT2D eigenvalue weighted by molar-refractivity contribution is 5.76. The molecule has 1 amide bonds. The lowest BCUT2D eigenvalue weighted by atomic mass is 10.1. The fourth-order valence-corrected chi connectivity index (χ4v) is 0.366. The minimum atomic E-state index is -0.581. The minimum absolute atomic E-state index is 0.421. The predicted molar refractivity (Wildman–Crippen MR) is 33.3 cm³/mol. The molecule has 0 bridgehead atoms. The van der Waals surface area contributed by atoms with E-state index in [9.17, 15) is 4.79 Å². The standard InChI is InChI=1S/C5H12N2O2/c1-3(4(6)8)5(7)9-2/h3,5H,7H2,1-2H3,(H2,6,8). The molecule has 4 N–H and O–H groups in total. The smallest absolute Gasteiger partial charge is 0.224 e. The van der Waals surface area contributed by atoms with Gasteiger partial charge in [0.05, 0.1) is 5.92 Å². The Hall–Kier alpha value is -0.610. The summed E-state index contributed by atoms with van der Waals surface area (Å²) < 4.78 is 4.65. The summed E-state index contributed by atoms with van der Waals surface area (Å²) in [5, 5.41) is 0. The molecular formula is C5H12N2O2. The largest absolute Gasteiger partial charge is 0.369 e. The molecule has 4 heteroatoms. The molecule has 0 fully saturated rings. The molecule has 0 heterocycles. The summed E-state index contributed by atoms with van der Waals surface area (Å²) in [5.74, 6) is -0.862. The quantitative estimate of drug-likeness (QED) is 0.485. The molecule has 0 spiro atoms. The van der Waals surface area contributed by atoms with Gasteiger partial charge in [0, 0.05) is 7.11 Å². The summed E-state index contributed by atoms with van der Waals surface area (Å²) in [6, 6.07) is 0. The van der Waals surface area contributed by atoms with Crippen LogP contribution in [0.15, 0.2) is 0 Å². The Morgan fingerprint density at radius 1 is 1.67 bits per heavy atom. The molecule has 0 aliphatic carbocycles. The number of carbonyl (C=O) groups excluding carboxylic acids is 1. The van der Waals surface area contributed by atoms with Crippen molar-refractivity contribution in [2.24, 2.45) is 17.4 Å². The molecule has 0 saturated heterocycles. The Kier molecular flexibility index (Phi) is 3.19. The lowest BCUT2D eigenvalue weighted by Gasteiger charge is -2.13. The van der Waals surface area contributed by atoms with Crippen molar-refractivity contribution in [1.82, 2.24) is 0 Å². The summed E-state index contributed by atoms with van der Waals surface area (Å²) in [6.45, 7) is 1.62. The van der Waals surface area contributed by atoms with Crippen LogP contribution in [0.1, 0.15) is 6.92 Å². The number of hydrogen-bond acceptors (Lipinski definition) is 3. The third-order valence-electron chi connectivity index (χ3n) is 1.21. The van der Waals surface area contributed by atoms with Gasteiger partial charge in [0.1, 0.15) is 6.23 Å². The Labute approximate surface area is 54.2 Å². The first kappa shape index (κ1) is 8.39. The fourth-order valence-electron chi connectivity index (χ4n) is 0.366. The topological polar surface area (TPSA) is 78.3 Å². The van der Waals surface area contributed by atoms with E-state index in [4.69, 9.17) is 11.5 Å². The van der Waals surface area contributed by atoms with Gasteiger partial charge < -0.3 is 16.2 Å². The van der Waals surface area contributed by atoms with Crippen molar-refractivity contribution >= 4 is 5.91 Å². The molecule has 0 radical (unpaired) electrons. The summed E-state index contributed by atoms with van der Waals surface area (Å²) in [5.41, 5.74) is 10.2. The maximum Gasteiger partial charge on any atom is 0.224 e. The maximum absolute atomic E-state index is 10.4. The van der Waals surface area contributed by atoms with E-state index in [0.29, 0.717) is 0 Å². The first-order chi connectivity index (χ1) is 4.09. The van der Waals surface area contributed by atoms with Crippen LogP contribution in [0.25, 0.3) is 0 Å². The van der Waals surface area contributed by atoms with Crippen molar-refractivity contribution in [3.05, 3.63) is 0 Å². The average Bonchev–Trinajstić information content (AvgIpc) is 1.84. The zero-order valence-corrected chi connectivity index (χ0v) is 5.63. The molecule has 4 nitrogen and oxygen atoms in total. The van der Waals surface area contributed by atoms with E-state index in [1.807, 2.05) is 0 Å². The Morgan fingerprint density at radius 2 is 2.11 bits per heavy atom. The lowest BCUT2D eigenvalue weighted by Crippen LogP contribution is -2.38. The van der Waals surface area contributed by atoms with Gasteiger partial charge in [0.15, 0.2) is 0 Å². The Bertz CT molecular complexity index is 105. The number of rotatable bonds is 3. The van der Waals surface area contributed by atoms with Crippen molar-refractivity contribution < 1.29 is 9.53 Å². The molecule has 0 aliphatic heterocycles. The minimum Gasteiger partial charge on any atom is -0.369 e. The molecule has 2 atom stereocenters. The van der Waals surface area contributed by atoms with Gasteiger partial charge in [0.2, 0.25) is 5.91 Å². The number of carbonyl (C=O) groups is 1. The zero-order valence-electron chi connectivity index (χ0n) is 5.63. The fraction of sp³-hybridized carbons (Fsp3) is 0.800. The second kappa shape index (κ2) is 3.42. The van der Waals surface area contributed by atoms with Crippen molar-refractivity contribution in [2.75, 3.05) is 7.11 Å². The maximum atomic E-state index is 10.4. The predicted octanol–water partition coefficient (Wildman–Crippen LogP) is -0.961. The van der Waals surface area contributed by atoms with E-state index < -0.39 is 18.1 Å². The van der Waals surface area contributed by atoms with Gasteiger partial charge in [-0.1, -0.05) is 0 Å². The van der Waals surface area contributed by atoms with Crippen LogP contribution in [0, 0.1) is 5.92 Å². The van der Waals surface area contributed by atoms with Crippen LogP contribution >= 0.6 is 0 Å². The van der Waals surface area contributed by atoms with Crippen LogP contribution in [0.2, 0.25) is 0 Å². The van der Waals surface area contributed by atoms with Crippen molar-refractivity contribution in [3.8, 4) is 0 Å². The number of methoxy groups -OCH3 is 1. The van der Waals surface area contributed by atoms with E-state index >= 15 is 0 Å². The van der Waals surface area contributed by atoms with Gasteiger partial charge in [-0.2, -0.15) is 0 Å². The molecule has 0 aromatic heterocycles. The highest BCUT2D eigenvalue weighted by Crippen LogP contribution is 1.97. The van der Waals surface area contributed by atoms with Gasteiger partial charge in [-0.05, 0) is 6.92 Å². The van der Waals surface area contributed by atoms with Crippen molar-refractivity contribution in [3.63, 3.8) is 0 Å². The van der Waals surface area contributed by atoms with Crippen LogP contribution in [-0.2, 0) is 9.53 Å². The monoisotopic (exact) mass is 132 g/mol.